The van der Waals surface area contributed by atoms with Crippen LogP contribution in [0, 0.1) is 6.92 Å². The molecule has 1 heterocycles. The Balaban J connectivity index is 1.99. The predicted octanol–water partition coefficient (Wildman–Crippen LogP) is 3.49. The van der Waals surface area contributed by atoms with E-state index >= 15 is 0 Å². The maximum atomic E-state index is 12.0. The van der Waals surface area contributed by atoms with Crippen LogP contribution in [0.5, 0.6) is 5.75 Å². The molecule has 2 aromatic rings. The van der Waals surface area contributed by atoms with Crippen LogP contribution in [0.1, 0.15) is 29.4 Å². The molecule has 0 aliphatic carbocycles. The molecule has 0 spiro atoms. The van der Waals surface area contributed by atoms with E-state index in [1.807, 2.05) is 12.3 Å². The van der Waals surface area contributed by atoms with E-state index in [-0.39, 0.29) is 5.91 Å². The summed E-state index contributed by atoms with van der Waals surface area (Å²) >= 11 is 1.42. The number of anilines is 1. The van der Waals surface area contributed by atoms with E-state index in [2.05, 4.69) is 17.2 Å². The van der Waals surface area contributed by atoms with Gasteiger partial charge < -0.3 is 4.74 Å². The van der Waals surface area contributed by atoms with Crippen LogP contribution < -0.4 is 10.1 Å². The van der Waals surface area contributed by atoms with Crippen LogP contribution in [0.4, 0.5) is 5.13 Å². The van der Waals surface area contributed by atoms with E-state index in [1.165, 1.54) is 11.3 Å². The van der Waals surface area contributed by atoms with Crippen LogP contribution in [0.3, 0.4) is 0 Å². The summed E-state index contributed by atoms with van der Waals surface area (Å²) in [6.45, 7) is 4.63. The maximum Gasteiger partial charge on any atom is 0.257 e. The fourth-order valence-corrected chi connectivity index (χ4v) is 2.19. The lowest BCUT2D eigenvalue weighted by molar-refractivity contribution is 0.102. The third kappa shape index (κ3) is 3.79. The highest BCUT2D eigenvalue weighted by molar-refractivity contribution is 7.13. The van der Waals surface area contributed by atoms with Crippen molar-refractivity contribution in [1.29, 1.82) is 0 Å². The van der Waals surface area contributed by atoms with Crippen molar-refractivity contribution in [2.75, 3.05) is 11.9 Å². The van der Waals surface area contributed by atoms with Gasteiger partial charge in [-0.1, -0.05) is 6.92 Å². The zero-order valence-corrected chi connectivity index (χ0v) is 11.8. The average molecular weight is 276 g/mol. The molecular formula is C14H16N2O2S. The van der Waals surface area contributed by atoms with Gasteiger partial charge in [0.05, 0.1) is 12.3 Å². The molecule has 0 saturated heterocycles. The number of amides is 1. The molecule has 4 nitrogen and oxygen atoms in total. The SMILES string of the molecule is CCCOc1ccc(C(=O)Nc2nc(C)cs2)cc1. The number of aryl methyl sites for hydroxylation is 1. The number of thiazole rings is 1. The summed E-state index contributed by atoms with van der Waals surface area (Å²) in [5.41, 5.74) is 1.50. The minimum Gasteiger partial charge on any atom is -0.494 e. The monoisotopic (exact) mass is 276 g/mol. The molecule has 0 bridgehead atoms. The van der Waals surface area contributed by atoms with E-state index < -0.39 is 0 Å². The number of nitrogens with zero attached hydrogens (tertiary/aromatic N) is 1. The topological polar surface area (TPSA) is 51.2 Å². The lowest BCUT2D eigenvalue weighted by Gasteiger charge is -2.05. The number of aromatic nitrogens is 1. The minimum absolute atomic E-state index is 0.156. The summed E-state index contributed by atoms with van der Waals surface area (Å²) in [5.74, 6) is 0.625. The first kappa shape index (κ1) is 13.5. The predicted molar refractivity (Wildman–Crippen MR) is 77.0 cm³/mol. The fraction of sp³-hybridized carbons (Fsp3) is 0.286. The lowest BCUT2D eigenvalue weighted by Crippen LogP contribution is -2.11. The third-order valence-corrected chi connectivity index (χ3v) is 3.30. The highest BCUT2D eigenvalue weighted by Gasteiger charge is 2.08. The first-order valence-electron chi connectivity index (χ1n) is 6.15. The van der Waals surface area contributed by atoms with Gasteiger partial charge in [-0.15, -0.1) is 11.3 Å². The highest BCUT2D eigenvalue weighted by atomic mass is 32.1. The molecule has 19 heavy (non-hydrogen) atoms. The van der Waals surface area contributed by atoms with Gasteiger partial charge in [0.25, 0.3) is 5.91 Å². The number of rotatable bonds is 5. The van der Waals surface area contributed by atoms with E-state index in [9.17, 15) is 4.79 Å². The smallest absolute Gasteiger partial charge is 0.257 e. The van der Waals surface area contributed by atoms with Crippen molar-refractivity contribution < 1.29 is 9.53 Å². The van der Waals surface area contributed by atoms with Crippen LogP contribution in [0.25, 0.3) is 0 Å². The number of hydrogen-bond donors (Lipinski definition) is 1. The molecule has 0 radical (unpaired) electrons. The van der Waals surface area contributed by atoms with Crippen molar-refractivity contribution in [2.24, 2.45) is 0 Å². The van der Waals surface area contributed by atoms with Crippen LogP contribution in [0.2, 0.25) is 0 Å². The number of ether oxygens (including phenoxy) is 1. The Morgan fingerprint density at radius 2 is 2.11 bits per heavy atom. The summed E-state index contributed by atoms with van der Waals surface area (Å²) in [4.78, 5) is 16.2. The molecule has 0 unspecified atom stereocenters. The van der Waals surface area contributed by atoms with Crippen molar-refractivity contribution in [3.63, 3.8) is 0 Å². The van der Waals surface area contributed by atoms with Gasteiger partial charge >= 0.3 is 0 Å². The number of carbonyl (C=O) groups is 1. The average Bonchev–Trinajstić information content (AvgIpc) is 2.82. The van der Waals surface area contributed by atoms with Gasteiger partial charge in [-0.25, -0.2) is 4.98 Å². The van der Waals surface area contributed by atoms with Gasteiger partial charge in [-0.05, 0) is 37.6 Å². The van der Waals surface area contributed by atoms with Gasteiger partial charge in [0.1, 0.15) is 5.75 Å². The summed E-state index contributed by atoms with van der Waals surface area (Å²) in [5, 5.41) is 5.29. The second kappa shape index (κ2) is 6.33. The Morgan fingerprint density at radius 1 is 1.37 bits per heavy atom. The number of benzene rings is 1. The van der Waals surface area contributed by atoms with Gasteiger partial charge in [-0.2, -0.15) is 0 Å². The number of nitrogens with one attached hydrogen (secondary N) is 1. The Bertz CT molecular complexity index is 549. The summed E-state index contributed by atoms with van der Waals surface area (Å²) in [6.07, 6.45) is 0.964. The first-order chi connectivity index (χ1) is 9.19. The minimum atomic E-state index is -0.156. The quantitative estimate of drug-likeness (QED) is 0.909. The molecule has 1 aromatic carbocycles. The van der Waals surface area contributed by atoms with Crippen molar-refractivity contribution in [2.45, 2.75) is 20.3 Å². The van der Waals surface area contributed by atoms with E-state index in [1.54, 1.807) is 24.3 Å². The molecule has 2 rings (SSSR count). The second-order valence-electron chi connectivity index (χ2n) is 4.12. The zero-order chi connectivity index (χ0) is 13.7. The molecule has 0 aliphatic rings. The van der Waals surface area contributed by atoms with Gasteiger partial charge in [0.15, 0.2) is 5.13 Å². The van der Waals surface area contributed by atoms with Crippen molar-refractivity contribution in [1.82, 2.24) is 4.98 Å². The molecule has 0 atom stereocenters. The lowest BCUT2D eigenvalue weighted by atomic mass is 10.2. The highest BCUT2D eigenvalue weighted by Crippen LogP contribution is 2.17. The van der Waals surface area contributed by atoms with Crippen molar-refractivity contribution in [3.05, 3.63) is 40.9 Å². The first-order valence-corrected chi connectivity index (χ1v) is 7.03. The molecule has 100 valence electrons. The molecular weight excluding hydrogens is 260 g/mol. The van der Waals surface area contributed by atoms with Gasteiger partial charge in [0, 0.05) is 10.9 Å². The Morgan fingerprint density at radius 3 is 2.68 bits per heavy atom. The molecule has 1 N–H and O–H groups in total. The van der Waals surface area contributed by atoms with Gasteiger partial charge in [-0.3, -0.25) is 10.1 Å². The maximum absolute atomic E-state index is 12.0. The molecule has 5 heteroatoms. The fourth-order valence-electron chi connectivity index (χ4n) is 1.50. The second-order valence-corrected chi connectivity index (χ2v) is 4.98. The van der Waals surface area contributed by atoms with Crippen molar-refractivity contribution >= 4 is 22.4 Å². The van der Waals surface area contributed by atoms with Crippen LogP contribution in [0.15, 0.2) is 29.6 Å². The number of carbonyl (C=O) groups excluding carboxylic acids is 1. The van der Waals surface area contributed by atoms with E-state index in [0.717, 1.165) is 17.9 Å². The van der Waals surface area contributed by atoms with Crippen LogP contribution in [-0.4, -0.2) is 17.5 Å². The molecule has 1 aromatic heterocycles. The Hall–Kier alpha value is -1.88. The molecule has 0 aliphatic heterocycles. The summed E-state index contributed by atoms with van der Waals surface area (Å²) in [6, 6.07) is 7.11. The van der Waals surface area contributed by atoms with E-state index in [0.29, 0.717) is 17.3 Å². The zero-order valence-electron chi connectivity index (χ0n) is 11.0. The molecule has 0 fully saturated rings. The normalized spacial score (nSPS) is 10.2. The Labute approximate surface area is 116 Å². The third-order valence-electron chi connectivity index (χ3n) is 2.43. The largest absolute Gasteiger partial charge is 0.494 e. The Kier molecular flexibility index (Phi) is 4.52. The standard InChI is InChI=1S/C14H16N2O2S/c1-3-8-18-12-6-4-11(5-7-12)13(17)16-14-15-10(2)9-19-14/h4-7,9H,3,8H2,1-2H3,(H,15,16,17). The van der Waals surface area contributed by atoms with Crippen LogP contribution >= 0.6 is 11.3 Å². The molecule has 0 saturated carbocycles. The van der Waals surface area contributed by atoms with E-state index in [4.69, 9.17) is 4.74 Å². The summed E-state index contributed by atoms with van der Waals surface area (Å²) < 4.78 is 5.47. The van der Waals surface area contributed by atoms with Gasteiger partial charge in [0.2, 0.25) is 0 Å². The van der Waals surface area contributed by atoms with Crippen molar-refractivity contribution in [3.8, 4) is 5.75 Å². The number of hydrogen-bond acceptors (Lipinski definition) is 4. The molecule has 1 amide bonds. The summed E-state index contributed by atoms with van der Waals surface area (Å²) in [7, 11) is 0. The van der Waals surface area contributed by atoms with Crippen LogP contribution in [-0.2, 0) is 0 Å².